The van der Waals surface area contributed by atoms with Crippen molar-refractivity contribution in [3.63, 3.8) is 0 Å². The maximum atomic E-state index is 12.2. The van der Waals surface area contributed by atoms with Crippen LogP contribution in [-0.4, -0.2) is 70.7 Å². The van der Waals surface area contributed by atoms with E-state index in [-0.39, 0.29) is 11.7 Å². The predicted octanol–water partition coefficient (Wildman–Crippen LogP) is 0.107. The second-order valence-corrected chi connectivity index (χ2v) is 5.76. The van der Waals surface area contributed by atoms with Crippen molar-refractivity contribution in [2.45, 2.75) is 6.42 Å². The molecule has 0 saturated carbocycles. The predicted molar refractivity (Wildman–Crippen MR) is 88.2 cm³/mol. The van der Waals surface area contributed by atoms with Gasteiger partial charge in [0.1, 0.15) is 5.75 Å². The Bertz CT molecular complexity index is 729. The highest BCUT2D eigenvalue weighted by Gasteiger charge is 2.23. The van der Waals surface area contributed by atoms with Crippen LogP contribution in [0.25, 0.3) is 0 Å². The Kier molecular flexibility index (Phi) is 4.95. The third kappa shape index (κ3) is 3.83. The number of piperazine rings is 1. The van der Waals surface area contributed by atoms with E-state index in [4.69, 9.17) is 4.74 Å². The zero-order valence-electron chi connectivity index (χ0n) is 13.6. The van der Waals surface area contributed by atoms with Crippen LogP contribution in [0.3, 0.4) is 0 Å². The summed E-state index contributed by atoms with van der Waals surface area (Å²) in [5.41, 5.74) is 0.805. The molecule has 0 unspecified atom stereocenters. The fraction of sp³-hybridized carbons (Fsp3) is 0.438. The van der Waals surface area contributed by atoms with Gasteiger partial charge >= 0.3 is 5.69 Å². The first-order chi connectivity index (χ1) is 11.7. The van der Waals surface area contributed by atoms with Crippen LogP contribution in [0.15, 0.2) is 29.1 Å². The number of benzene rings is 1. The Morgan fingerprint density at radius 2 is 1.92 bits per heavy atom. The number of rotatable bonds is 5. The molecule has 2 aromatic rings. The Morgan fingerprint density at radius 3 is 2.50 bits per heavy atom. The number of nitrogens with zero attached hydrogens (tertiary/aromatic N) is 3. The van der Waals surface area contributed by atoms with E-state index in [1.807, 2.05) is 12.1 Å². The Morgan fingerprint density at radius 1 is 1.21 bits per heavy atom. The van der Waals surface area contributed by atoms with Crippen molar-refractivity contribution >= 4 is 5.91 Å². The number of carbonyl (C=O) groups excluding carboxylic acids is 1. The molecular formula is C16H21N5O3. The molecule has 1 aromatic carbocycles. The number of aromatic amines is 2. The highest BCUT2D eigenvalue weighted by atomic mass is 16.5. The molecule has 0 atom stereocenters. The van der Waals surface area contributed by atoms with Crippen LogP contribution in [0.1, 0.15) is 16.2 Å². The second kappa shape index (κ2) is 7.31. The number of carbonyl (C=O) groups is 1. The van der Waals surface area contributed by atoms with Crippen molar-refractivity contribution in [3.8, 4) is 5.75 Å². The van der Waals surface area contributed by atoms with Crippen molar-refractivity contribution < 1.29 is 9.53 Å². The number of methoxy groups -OCH3 is 1. The lowest BCUT2D eigenvalue weighted by molar-refractivity contribution is 0.0627. The summed E-state index contributed by atoms with van der Waals surface area (Å²) in [6.45, 7) is 3.85. The lowest BCUT2D eigenvalue weighted by atomic mass is 10.1. The monoisotopic (exact) mass is 331 g/mol. The van der Waals surface area contributed by atoms with Crippen molar-refractivity contribution in [1.29, 1.82) is 0 Å². The van der Waals surface area contributed by atoms with Crippen LogP contribution in [0.5, 0.6) is 5.75 Å². The number of nitrogens with one attached hydrogen (secondary N) is 2. The molecule has 3 rings (SSSR count). The molecule has 0 bridgehead atoms. The standard InChI is InChI=1S/C16H21N5O3/c1-24-13-4-2-12(3-5-13)6-7-20-8-10-21(11-9-20)15(22)14-17-16(23)19-18-14/h2-5H,6-11H2,1H3,(H2,17,18,19,23). The van der Waals surface area contributed by atoms with Gasteiger partial charge in [-0.2, -0.15) is 0 Å². The van der Waals surface area contributed by atoms with Gasteiger partial charge in [-0.05, 0) is 24.1 Å². The molecule has 2 N–H and O–H groups in total. The van der Waals surface area contributed by atoms with Crippen LogP contribution in [0, 0.1) is 0 Å². The van der Waals surface area contributed by atoms with Gasteiger partial charge in [-0.25, -0.2) is 9.89 Å². The number of amides is 1. The summed E-state index contributed by atoms with van der Waals surface area (Å²) in [7, 11) is 1.66. The number of hydrogen-bond donors (Lipinski definition) is 2. The molecular weight excluding hydrogens is 310 g/mol. The molecule has 0 spiro atoms. The maximum absolute atomic E-state index is 12.2. The van der Waals surface area contributed by atoms with Crippen LogP contribution < -0.4 is 10.4 Å². The molecule has 1 amide bonds. The first kappa shape index (κ1) is 16.3. The highest BCUT2D eigenvalue weighted by molar-refractivity contribution is 5.90. The van der Waals surface area contributed by atoms with Gasteiger partial charge in [-0.15, -0.1) is 5.10 Å². The van der Waals surface area contributed by atoms with Gasteiger partial charge in [-0.3, -0.25) is 14.7 Å². The summed E-state index contributed by atoms with van der Waals surface area (Å²) in [4.78, 5) is 29.7. The molecule has 1 aliphatic heterocycles. The summed E-state index contributed by atoms with van der Waals surface area (Å²) in [6, 6.07) is 8.09. The summed E-state index contributed by atoms with van der Waals surface area (Å²) >= 11 is 0. The van der Waals surface area contributed by atoms with E-state index in [9.17, 15) is 9.59 Å². The zero-order valence-corrected chi connectivity index (χ0v) is 13.6. The van der Waals surface area contributed by atoms with Gasteiger partial charge in [0.2, 0.25) is 5.82 Å². The summed E-state index contributed by atoms with van der Waals surface area (Å²) in [5.74, 6) is 0.706. The third-order valence-corrected chi connectivity index (χ3v) is 4.24. The van der Waals surface area contributed by atoms with Gasteiger partial charge in [0.25, 0.3) is 5.91 Å². The van der Waals surface area contributed by atoms with Gasteiger partial charge in [0.05, 0.1) is 7.11 Å². The van der Waals surface area contributed by atoms with Crippen LogP contribution in [-0.2, 0) is 6.42 Å². The molecule has 128 valence electrons. The van der Waals surface area contributed by atoms with E-state index in [0.29, 0.717) is 13.1 Å². The Labute approximate surface area is 139 Å². The average molecular weight is 331 g/mol. The molecule has 1 fully saturated rings. The molecule has 8 heteroatoms. The highest BCUT2D eigenvalue weighted by Crippen LogP contribution is 2.12. The van der Waals surface area contributed by atoms with Crippen molar-refractivity contribution in [3.05, 3.63) is 46.1 Å². The Balaban J connectivity index is 1.46. The van der Waals surface area contributed by atoms with Crippen molar-refractivity contribution in [1.82, 2.24) is 25.0 Å². The third-order valence-electron chi connectivity index (χ3n) is 4.24. The van der Waals surface area contributed by atoms with E-state index in [1.165, 1.54) is 5.56 Å². The SMILES string of the molecule is COc1ccc(CCN2CCN(C(=O)c3n[nH]c(=O)[nH]3)CC2)cc1. The van der Waals surface area contributed by atoms with E-state index < -0.39 is 5.69 Å². The lowest BCUT2D eigenvalue weighted by Crippen LogP contribution is -2.49. The number of H-pyrrole nitrogens is 2. The largest absolute Gasteiger partial charge is 0.497 e. The molecule has 0 aliphatic carbocycles. The number of aromatic nitrogens is 3. The van der Waals surface area contributed by atoms with E-state index in [1.54, 1.807) is 12.0 Å². The molecule has 24 heavy (non-hydrogen) atoms. The van der Waals surface area contributed by atoms with E-state index >= 15 is 0 Å². The minimum Gasteiger partial charge on any atom is -0.497 e. The quantitative estimate of drug-likeness (QED) is 0.811. The number of hydrogen-bond acceptors (Lipinski definition) is 5. The van der Waals surface area contributed by atoms with Gasteiger partial charge in [-0.1, -0.05) is 12.1 Å². The number of ether oxygens (including phenoxy) is 1. The summed E-state index contributed by atoms with van der Waals surface area (Å²) in [6.07, 6.45) is 0.963. The minimum atomic E-state index is -0.462. The Hall–Kier alpha value is -2.61. The van der Waals surface area contributed by atoms with Gasteiger partial charge in [0.15, 0.2) is 0 Å². The molecule has 8 nitrogen and oxygen atoms in total. The normalized spacial score (nSPS) is 15.5. The molecule has 1 aliphatic rings. The molecule has 0 radical (unpaired) electrons. The average Bonchev–Trinajstić information content (AvgIpc) is 3.06. The maximum Gasteiger partial charge on any atom is 0.341 e. The molecule has 2 heterocycles. The van der Waals surface area contributed by atoms with E-state index in [2.05, 4.69) is 32.2 Å². The van der Waals surface area contributed by atoms with Crippen LogP contribution in [0.2, 0.25) is 0 Å². The fourth-order valence-electron chi connectivity index (χ4n) is 2.78. The fourth-order valence-corrected chi connectivity index (χ4v) is 2.78. The smallest absolute Gasteiger partial charge is 0.341 e. The second-order valence-electron chi connectivity index (χ2n) is 5.76. The summed E-state index contributed by atoms with van der Waals surface area (Å²) in [5, 5.41) is 5.91. The van der Waals surface area contributed by atoms with Crippen LogP contribution in [0.4, 0.5) is 0 Å². The molecule has 1 aromatic heterocycles. The topological polar surface area (TPSA) is 94.3 Å². The van der Waals surface area contributed by atoms with Crippen LogP contribution >= 0.6 is 0 Å². The van der Waals surface area contributed by atoms with Crippen molar-refractivity contribution in [2.75, 3.05) is 39.8 Å². The molecule has 1 saturated heterocycles. The van der Waals surface area contributed by atoms with E-state index in [0.717, 1.165) is 31.8 Å². The lowest BCUT2D eigenvalue weighted by Gasteiger charge is -2.34. The summed E-state index contributed by atoms with van der Waals surface area (Å²) < 4.78 is 5.16. The van der Waals surface area contributed by atoms with Gasteiger partial charge < -0.3 is 9.64 Å². The van der Waals surface area contributed by atoms with Crippen molar-refractivity contribution in [2.24, 2.45) is 0 Å². The first-order valence-electron chi connectivity index (χ1n) is 7.95. The minimum absolute atomic E-state index is 0.0756. The first-order valence-corrected chi connectivity index (χ1v) is 7.95. The zero-order chi connectivity index (χ0) is 16.9. The van der Waals surface area contributed by atoms with Gasteiger partial charge in [0, 0.05) is 32.7 Å².